The van der Waals surface area contributed by atoms with Gasteiger partial charge < -0.3 is 24.1 Å². The predicted molar refractivity (Wildman–Crippen MR) is 213 cm³/mol. The molecule has 1 aliphatic heterocycles. The Hall–Kier alpha value is -4.10. The number of aliphatic hydroxyl groups is 1. The number of Topliss-reactive ketones (excluding diaryl/α,β-unsaturated/α-hetero) is 1. The van der Waals surface area contributed by atoms with Gasteiger partial charge in [-0.2, -0.15) is 0 Å². The van der Waals surface area contributed by atoms with Gasteiger partial charge >= 0.3 is 11.9 Å². The summed E-state index contributed by atoms with van der Waals surface area (Å²) in [5, 5.41) is 11.2. The Bertz CT molecular complexity index is 1710. The van der Waals surface area contributed by atoms with Crippen molar-refractivity contribution < 1.29 is 38.5 Å². The van der Waals surface area contributed by atoms with Crippen LogP contribution in [0.5, 0.6) is 0 Å². The molecule has 3 fully saturated rings. The second-order valence-corrected chi connectivity index (χ2v) is 17.0. The Morgan fingerprint density at radius 3 is 1.91 bits per heavy atom. The van der Waals surface area contributed by atoms with Crippen LogP contribution in [-0.2, 0) is 33.4 Å². The number of ketones is 1. The molecule has 3 aliphatic rings. The molecule has 0 aromatic heterocycles. The van der Waals surface area contributed by atoms with Crippen molar-refractivity contribution in [2.45, 2.75) is 150 Å². The van der Waals surface area contributed by atoms with E-state index < -0.39 is 16.8 Å². The number of aldehydes is 1. The van der Waals surface area contributed by atoms with Crippen LogP contribution < -0.4 is 0 Å². The molecule has 5 atom stereocenters. The maximum absolute atomic E-state index is 13.3. The van der Waals surface area contributed by atoms with Crippen LogP contribution in [0.2, 0.25) is 0 Å². The molecule has 8 nitrogen and oxygen atoms in total. The number of carbonyl (C=O) groups is 4. The van der Waals surface area contributed by atoms with Gasteiger partial charge in [-0.1, -0.05) is 99.6 Å². The number of ether oxygens (including phenoxy) is 3. The lowest BCUT2D eigenvalue weighted by Gasteiger charge is -2.44. The van der Waals surface area contributed by atoms with Crippen molar-refractivity contribution in [1.82, 2.24) is 0 Å². The Morgan fingerprint density at radius 1 is 0.778 bits per heavy atom. The summed E-state index contributed by atoms with van der Waals surface area (Å²) in [4.78, 5) is 47.6. The molecule has 0 spiro atoms. The van der Waals surface area contributed by atoms with E-state index in [0.717, 1.165) is 22.3 Å². The zero-order chi connectivity index (χ0) is 40.5. The van der Waals surface area contributed by atoms with Crippen molar-refractivity contribution in [2.75, 3.05) is 0 Å². The van der Waals surface area contributed by atoms with Crippen LogP contribution in [-0.4, -0.2) is 58.1 Å². The number of hydrogen-bond donors (Lipinski definition) is 1. The summed E-state index contributed by atoms with van der Waals surface area (Å²) in [5.41, 5.74) is 4.88. The van der Waals surface area contributed by atoms with Crippen LogP contribution in [0, 0.1) is 10.8 Å². The van der Waals surface area contributed by atoms with Gasteiger partial charge in [0.2, 0.25) is 0 Å². The van der Waals surface area contributed by atoms with E-state index in [4.69, 9.17) is 14.2 Å². The van der Waals surface area contributed by atoms with Gasteiger partial charge in [-0.15, -0.1) is 5.73 Å². The van der Waals surface area contributed by atoms with Crippen molar-refractivity contribution in [3.63, 3.8) is 0 Å². The molecule has 0 amide bonds. The fourth-order valence-electron chi connectivity index (χ4n) is 8.23. The summed E-state index contributed by atoms with van der Waals surface area (Å²) < 4.78 is 17.4. The lowest BCUT2D eigenvalue weighted by atomic mass is 9.61. The fourth-order valence-corrected chi connectivity index (χ4v) is 8.23. The third-order valence-electron chi connectivity index (χ3n) is 10.9. The minimum atomic E-state index is -1.12. The molecule has 54 heavy (non-hydrogen) atoms. The SMILES string of the molecule is CC(=O)OC1CC(C)(C)C(=C=C/C(C)=C/C=C/C(C)=C/C=C/C=C(C)/C=C/C=C(\C)C(=O)CC23OC2(C)CC(OC(=O)CCC=O)CC3(C)C)[C@@](C)(O)C1. The van der Waals surface area contributed by atoms with Gasteiger partial charge in [0, 0.05) is 43.6 Å². The molecule has 4 unspecified atom stereocenters. The van der Waals surface area contributed by atoms with Crippen LogP contribution in [0.3, 0.4) is 0 Å². The third-order valence-corrected chi connectivity index (χ3v) is 10.9. The summed E-state index contributed by atoms with van der Waals surface area (Å²) in [6.07, 6.45) is 24.2. The van der Waals surface area contributed by atoms with E-state index in [9.17, 15) is 24.3 Å². The molecule has 1 N–H and O–H groups in total. The van der Waals surface area contributed by atoms with Crippen molar-refractivity contribution in [2.24, 2.45) is 10.8 Å². The van der Waals surface area contributed by atoms with Gasteiger partial charge in [-0.3, -0.25) is 14.4 Å². The summed E-state index contributed by atoms with van der Waals surface area (Å²) in [6, 6.07) is 0. The van der Waals surface area contributed by atoms with Crippen LogP contribution in [0.15, 0.2) is 100 Å². The van der Waals surface area contributed by atoms with Gasteiger partial charge in [0.1, 0.15) is 24.1 Å². The van der Waals surface area contributed by atoms with Gasteiger partial charge in [0.05, 0.1) is 17.6 Å². The Morgan fingerprint density at radius 2 is 1.35 bits per heavy atom. The first kappa shape index (κ1) is 44.3. The number of hydrogen-bond acceptors (Lipinski definition) is 8. The highest BCUT2D eigenvalue weighted by Gasteiger charge is 2.76. The highest BCUT2D eigenvalue weighted by atomic mass is 16.6. The molecule has 2 saturated carbocycles. The first-order chi connectivity index (χ1) is 25.1. The summed E-state index contributed by atoms with van der Waals surface area (Å²) in [6.45, 7) is 21.2. The summed E-state index contributed by atoms with van der Waals surface area (Å²) >= 11 is 0. The number of allylic oxidation sites excluding steroid dienone is 14. The number of epoxide rings is 1. The normalized spacial score (nSPS) is 29.9. The van der Waals surface area contributed by atoms with Crippen molar-refractivity contribution in [3.8, 4) is 0 Å². The third kappa shape index (κ3) is 11.7. The number of carbonyl (C=O) groups excluding carboxylic acids is 4. The van der Waals surface area contributed by atoms with E-state index in [2.05, 4.69) is 19.6 Å². The second kappa shape index (κ2) is 18.0. The predicted octanol–water partition coefficient (Wildman–Crippen LogP) is 9.22. The van der Waals surface area contributed by atoms with Crippen LogP contribution in [0.1, 0.15) is 121 Å². The molecule has 0 aromatic carbocycles. The van der Waals surface area contributed by atoms with Crippen LogP contribution >= 0.6 is 0 Å². The van der Waals surface area contributed by atoms with E-state index in [1.54, 1.807) is 6.92 Å². The first-order valence-electron chi connectivity index (χ1n) is 19.0. The van der Waals surface area contributed by atoms with E-state index in [0.29, 0.717) is 37.5 Å². The molecule has 0 radical (unpaired) electrons. The maximum Gasteiger partial charge on any atom is 0.306 e. The molecule has 3 rings (SSSR count). The number of esters is 2. The quantitative estimate of drug-likeness (QED) is 0.0441. The van der Waals surface area contributed by atoms with Gasteiger partial charge in [-0.25, -0.2) is 0 Å². The zero-order valence-corrected chi connectivity index (χ0v) is 34.3. The van der Waals surface area contributed by atoms with Gasteiger partial charge in [0.25, 0.3) is 0 Å². The topological polar surface area (TPSA) is 120 Å². The van der Waals surface area contributed by atoms with E-state index in [-0.39, 0.29) is 60.0 Å². The van der Waals surface area contributed by atoms with E-state index in [1.807, 2.05) is 115 Å². The van der Waals surface area contributed by atoms with Crippen LogP contribution in [0.4, 0.5) is 0 Å². The molecule has 1 heterocycles. The monoisotopic (exact) mass is 742 g/mol. The molecular formula is C46H62O8. The molecular weight excluding hydrogens is 680 g/mol. The van der Waals surface area contributed by atoms with Gasteiger partial charge in [-0.05, 0) is 77.0 Å². The molecule has 0 aromatic rings. The largest absolute Gasteiger partial charge is 0.462 e. The van der Waals surface area contributed by atoms with Gasteiger partial charge in [0.15, 0.2) is 5.78 Å². The lowest BCUT2D eigenvalue weighted by molar-refractivity contribution is -0.154. The Balaban J connectivity index is 1.53. The van der Waals surface area contributed by atoms with E-state index in [1.165, 1.54) is 6.92 Å². The molecule has 1 saturated heterocycles. The van der Waals surface area contributed by atoms with Crippen molar-refractivity contribution in [1.29, 1.82) is 0 Å². The minimum absolute atomic E-state index is 0.0307. The molecule has 294 valence electrons. The minimum Gasteiger partial charge on any atom is -0.462 e. The Labute approximate surface area is 323 Å². The smallest absolute Gasteiger partial charge is 0.306 e. The summed E-state index contributed by atoms with van der Waals surface area (Å²) in [5.74, 6) is -0.678. The Kier molecular flexibility index (Phi) is 14.8. The maximum atomic E-state index is 13.3. The molecule has 2 aliphatic carbocycles. The molecule has 8 heteroatoms. The standard InChI is InChI=1S/C46H62O8/c1-32(19-14-20-34(3)24-25-40-42(6,7)27-37(52-36(5)48)29-44(40,10)51)17-12-13-18-33(2)21-15-22-35(4)39(49)31-46-43(8,9)28-38(30-45(46,11)54-46)53-41(50)23-16-26-47/h12-15,17-22,24,26,37-38,51H,16,23,27-31H2,1-11H3/b13-12+,19-14+,21-15+,32-17+,33-18+,34-20+,35-22+/t25?,37?,38?,44-,45?,46?/m0/s1. The first-order valence-corrected chi connectivity index (χ1v) is 19.0. The van der Waals surface area contributed by atoms with E-state index >= 15 is 0 Å². The highest BCUT2D eigenvalue weighted by Crippen LogP contribution is 2.67. The number of fused-ring (bicyclic) bond motifs is 1. The van der Waals surface area contributed by atoms with Crippen molar-refractivity contribution >= 4 is 24.0 Å². The zero-order valence-electron chi connectivity index (χ0n) is 34.3. The molecule has 0 bridgehead atoms. The average molecular weight is 743 g/mol. The highest BCUT2D eigenvalue weighted by molar-refractivity contribution is 5.96. The average Bonchev–Trinajstić information content (AvgIpc) is 3.65. The van der Waals surface area contributed by atoms with Crippen molar-refractivity contribution in [3.05, 3.63) is 100 Å². The second-order valence-electron chi connectivity index (χ2n) is 17.0. The fraction of sp³-hybridized carbons (Fsp3) is 0.543. The number of rotatable bonds is 15. The lowest BCUT2D eigenvalue weighted by Crippen LogP contribution is -2.49. The van der Waals surface area contributed by atoms with Crippen LogP contribution in [0.25, 0.3) is 0 Å². The summed E-state index contributed by atoms with van der Waals surface area (Å²) in [7, 11) is 0.